The Balaban J connectivity index is 2.11. The molecule has 3 aromatic heterocycles. The van der Waals surface area contributed by atoms with Crippen molar-refractivity contribution < 1.29 is 14.1 Å². The summed E-state index contributed by atoms with van der Waals surface area (Å²) in [5.74, 6) is -0.784. The largest absolute Gasteiger partial charge is 0.871 e. The highest BCUT2D eigenvalue weighted by Gasteiger charge is 2.25. The van der Waals surface area contributed by atoms with Gasteiger partial charge >= 0.3 is 0 Å². The molecule has 0 aliphatic heterocycles. The molecule has 0 saturated heterocycles. The van der Waals surface area contributed by atoms with Crippen LogP contribution in [0.4, 0.5) is 0 Å². The van der Waals surface area contributed by atoms with Gasteiger partial charge in [-0.15, -0.1) is 0 Å². The monoisotopic (exact) mass is 378 g/mol. The van der Waals surface area contributed by atoms with Gasteiger partial charge in [0.25, 0.3) is 0 Å². The lowest BCUT2D eigenvalue weighted by atomic mass is 9.94. The molecule has 1 aromatic carbocycles. The number of pyridine rings is 2. The first-order valence-corrected chi connectivity index (χ1v) is 8.89. The molecule has 0 N–H and O–H groups in total. The average Bonchev–Trinajstić information content (AvgIpc) is 2.75. The number of fused-ring (bicyclic) bond motifs is 7. The molecule has 1 aliphatic rings. The van der Waals surface area contributed by atoms with E-state index in [0.29, 0.717) is 16.6 Å². The second-order valence-electron chi connectivity index (χ2n) is 6.65. The Morgan fingerprint density at radius 3 is 2.45 bits per heavy atom. The Morgan fingerprint density at radius 1 is 0.966 bits per heavy atom. The first kappa shape index (κ1) is 16.9. The first-order valence-electron chi connectivity index (χ1n) is 8.89. The molecule has 6 heteroatoms. The molecule has 0 bridgehead atoms. The van der Waals surface area contributed by atoms with Crippen LogP contribution in [0.2, 0.25) is 0 Å². The number of ketones is 1. The number of aromatic nitrogens is 4. The zero-order valence-electron chi connectivity index (χ0n) is 15.3. The van der Waals surface area contributed by atoms with E-state index in [0.717, 1.165) is 16.3 Å². The van der Waals surface area contributed by atoms with Gasteiger partial charge in [-0.3, -0.25) is 4.79 Å². The summed E-state index contributed by atoms with van der Waals surface area (Å²) < 4.78 is 1.71. The number of carbonyl (C=O) groups excluding carboxylic acids is 1. The zero-order chi connectivity index (χ0) is 20.3. The van der Waals surface area contributed by atoms with Crippen molar-refractivity contribution >= 4 is 44.4 Å². The Bertz CT molecular complexity index is 1580. The van der Waals surface area contributed by atoms with Crippen molar-refractivity contribution in [2.45, 2.75) is 0 Å². The van der Waals surface area contributed by atoms with E-state index >= 15 is 0 Å². The van der Waals surface area contributed by atoms with Gasteiger partial charge in [-0.25, -0.2) is 15.0 Å². The van der Waals surface area contributed by atoms with E-state index in [1.54, 1.807) is 16.5 Å². The normalized spacial score (nSPS) is 13.9. The molecule has 6 nitrogen and oxygen atoms in total. The molecule has 3 heterocycles. The molecule has 0 fully saturated rings. The number of Topliss-reactive ketones (excluding diaryl/α,β-unsaturated/α-hetero) is 1. The molecule has 0 radical (unpaired) electrons. The molecule has 0 amide bonds. The van der Waals surface area contributed by atoms with Gasteiger partial charge in [0, 0.05) is 23.2 Å². The molecule has 0 saturated carbocycles. The molecule has 29 heavy (non-hydrogen) atoms. The van der Waals surface area contributed by atoms with Crippen LogP contribution in [0.3, 0.4) is 0 Å². The van der Waals surface area contributed by atoms with E-state index in [4.69, 9.17) is 0 Å². The van der Waals surface area contributed by atoms with Crippen molar-refractivity contribution in [3.8, 4) is 0 Å². The highest BCUT2D eigenvalue weighted by molar-refractivity contribution is 6.21. The molecule has 1 aliphatic carbocycles. The quantitative estimate of drug-likeness (QED) is 0.391. The molecule has 4 aromatic rings. The average molecular weight is 378 g/mol. The van der Waals surface area contributed by atoms with Crippen LogP contribution in [0.1, 0.15) is 10.5 Å². The van der Waals surface area contributed by atoms with E-state index in [1.807, 2.05) is 24.4 Å². The van der Waals surface area contributed by atoms with Gasteiger partial charge in [-0.05, 0) is 23.8 Å². The summed E-state index contributed by atoms with van der Waals surface area (Å²) in [4.78, 5) is 26.7. The minimum absolute atomic E-state index is 0.0194. The number of carbonyl (C=O) groups is 1. The van der Waals surface area contributed by atoms with E-state index in [1.165, 1.54) is 12.2 Å². The molecule has 0 atom stereocenters. The van der Waals surface area contributed by atoms with Crippen LogP contribution in [-0.2, 0) is 0 Å². The Hall–Kier alpha value is -4.19. The number of allylic oxidation sites excluding steroid dienone is 2. The third-order valence-electron chi connectivity index (χ3n) is 5.13. The fourth-order valence-electron chi connectivity index (χ4n) is 3.82. The van der Waals surface area contributed by atoms with Crippen molar-refractivity contribution in [2.24, 2.45) is 0 Å². The topological polar surface area (TPSA) is 84.7 Å². The highest BCUT2D eigenvalue weighted by atomic mass is 16.3. The van der Waals surface area contributed by atoms with Gasteiger partial charge in [0.05, 0.1) is 10.7 Å². The van der Waals surface area contributed by atoms with Crippen molar-refractivity contribution in [3.05, 3.63) is 90.9 Å². The fourth-order valence-corrected chi connectivity index (χ4v) is 3.82. The van der Waals surface area contributed by atoms with Crippen molar-refractivity contribution in [1.29, 1.82) is 0 Å². The van der Waals surface area contributed by atoms with Crippen molar-refractivity contribution in [2.75, 3.05) is 0 Å². The number of nitrogens with zero attached hydrogens (tertiary/aromatic N) is 4. The number of hydrogen-bond donors (Lipinski definition) is 0. The van der Waals surface area contributed by atoms with E-state index in [-0.39, 0.29) is 22.2 Å². The van der Waals surface area contributed by atoms with Crippen LogP contribution in [0.25, 0.3) is 38.6 Å². The number of benzene rings is 1. The van der Waals surface area contributed by atoms with Crippen LogP contribution in [0.15, 0.2) is 73.1 Å². The van der Waals surface area contributed by atoms with E-state index in [9.17, 15) is 9.90 Å². The third kappa shape index (κ3) is 2.14. The first-order chi connectivity index (χ1) is 14.1. The Morgan fingerprint density at radius 2 is 1.69 bits per heavy atom. The minimum atomic E-state index is -0.392. The summed E-state index contributed by atoms with van der Waals surface area (Å²) in [5.41, 5.74) is 2.88. The molecule has 0 spiro atoms. The third-order valence-corrected chi connectivity index (χ3v) is 5.13. The van der Waals surface area contributed by atoms with Gasteiger partial charge in [-0.1, -0.05) is 31.1 Å². The predicted octanol–water partition coefficient (Wildman–Crippen LogP) is 1.59. The summed E-state index contributed by atoms with van der Waals surface area (Å²) >= 11 is 0. The van der Waals surface area contributed by atoms with Crippen LogP contribution >= 0.6 is 0 Å². The lowest BCUT2D eigenvalue weighted by Crippen LogP contribution is -2.34. The maximum absolute atomic E-state index is 13.0. The van der Waals surface area contributed by atoms with Gasteiger partial charge in [0.15, 0.2) is 6.20 Å². The van der Waals surface area contributed by atoms with Gasteiger partial charge < -0.3 is 5.11 Å². The van der Waals surface area contributed by atoms with Gasteiger partial charge in [0.1, 0.15) is 29.0 Å². The van der Waals surface area contributed by atoms with E-state index < -0.39 is 11.5 Å². The second kappa shape index (κ2) is 5.90. The summed E-state index contributed by atoms with van der Waals surface area (Å²) in [6, 6.07) is 7.38. The van der Waals surface area contributed by atoms with Crippen LogP contribution in [0.5, 0.6) is 0 Å². The Kier molecular flexibility index (Phi) is 3.45. The molecular weight excluding hydrogens is 364 g/mol. The lowest BCUT2D eigenvalue weighted by Gasteiger charge is -2.22. The fraction of sp³-hybridized carbons (Fsp3) is 0. The molecule has 138 valence electrons. The van der Waals surface area contributed by atoms with Gasteiger partial charge in [0.2, 0.25) is 11.3 Å². The Labute approximate surface area is 164 Å². The summed E-state index contributed by atoms with van der Waals surface area (Å²) in [6.07, 6.45) is 6.23. The SMILES string of the molecule is C=CC1=C(C=C)C([O-])=c2nc3c4ccc[n+](=C)c4c4ncccc4c3nc2C1=O. The predicted molar refractivity (Wildman–Crippen MR) is 108 cm³/mol. The lowest BCUT2D eigenvalue weighted by molar-refractivity contribution is -0.466. The van der Waals surface area contributed by atoms with Crippen LogP contribution in [0, 0.1) is 6.72 Å². The van der Waals surface area contributed by atoms with Crippen molar-refractivity contribution in [3.63, 3.8) is 0 Å². The number of hydrogen-bond acceptors (Lipinski definition) is 5. The summed E-state index contributed by atoms with van der Waals surface area (Å²) in [7, 11) is 0. The zero-order valence-corrected chi connectivity index (χ0v) is 15.3. The maximum Gasteiger partial charge on any atom is 0.246 e. The minimum Gasteiger partial charge on any atom is -0.871 e. The van der Waals surface area contributed by atoms with Crippen LogP contribution < -0.4 is 14.7 Å². The standard InChI is InChI=1S/C23H14N4O2/c1-4-12-13(5-2)23(29)20-19(22(12)28)25-16-14-8-6-10-24-18(14)21-15(17(16)26-20)9-7-11-27(21)3/h4-11H,1-3H2. The molecular formula is C23H14N4O2. The van der Waals surface area contributed by atoms with E-state index in [2.05, 4.69) is 34.8 Å². The summed E-state index contributed by atoms with van der Waals surface area (Å²) in [5, 5.41) is 14.5. The molecule has 5 rings (SSSR count). The summed E-state index contributed by atoms with van der Waals surface area (Å²) in [6.45, 7) is 11.4. The smallest absolute Gasteiger partial charge is 0.246 e. The van der Waals surface area contributed by atoms with Gasteiger partial charge in [-0.2, -0.15) is 4.24 Å². The van der Waals surface area contributed by atoms with Crippen molar-refractivity contribution in [1.82, 2.24) is 15.0 Å². The maximum atomic E-state index is 13.0. The van der Waals surface area contributed by atoms with Crippen LogP contribution in [-0.4, -0.2) is 20.7 Å². The second-order valence-corrected chi connectivity index (χ2v) is 6.65. The molecule has 0 unspecified atom stereocenters. The number of rotatable bonds is 2. The highest BCUT2D eigenvalue weighted by Crippen LogP contribution is 2.30.